The van der Waals surface area contributed by atoms with E-state index < -0.39 is 10.0 Å². The average molecular weight is 299 g/mol. The van der Waals surface area contributed by atoms with Crippen molar-refractivity contribution in [3.8, 4) is 5.75 Å². The average Bonchev–Trinajstić information content (AvgIpc) is 2.29. The van der Waals surface area contributed by atoms with Gasteiger partial charge in [-0.05, 0) is 57.4 Å². The van der Waals surface area contributed by atoms with E-state index in [9.17, 15) is 13.5 Å². The van der Waals surface area contributed by atoms with E-state index in [0.29, 0.717) is 18.6 Å². The van der Waals surface area contributed by atoms with Gasteiger partial charge in [-0.3, -0.25) is 0 Å². The molecule has 0 atom stereocenters. The van der Waals surface area contributed by atoms with Crippen LogP contribution in [0.2, 0.25) is 0 Å². The summed E-state index contributed by atoms with van der Waals surface area (Å²) < 4.78 is 32.6. The van der Waals surface area contributed by atoms with Gasteiger partial charge < -0.3 is 9.84 Å². The number of aryl methyl sites for hydroxylation is 1. The fourth-order valence-corrected chi connectivity index (χ4v) is 3.49. The van der Waals surface area contributed by atoms with E-state index in [-0.39, 0.29) is 23.1 Å². The predicted molar refractivity (Wildman–Crippen MR) is 76.3 cm³/mol. The number of ether oxygens (including phenoxy) is 1. The van der Waals surface area contributed by atoms with Gasteiger partial charge in [0.05, 0.1) is 17.1 Å². The van der Waals surface area contributed by atoms with Crippen molar-refractivity contribution in [3.05, 3.63) is 23.8 Å². The zero-order valence-electron chi connectivity index (χ0n) is 12.0. The molecule has 0 spiro atoms. The molecule has 5 nitrogen and oxygen atoms in total. The third-order valence-electron chi connectivity index (χ3n) is 3.25. The molecule has 0 radical (unpaired) electrons. The van der Waals surface area contributed by atoms with Gasteiger partial charge in [0.1, 0.15) is 5.75 Å². The van der Waals surface area contributed by atoms with Crippen LogP contribution < -0.4 is 9.46 Å². The molecule has 0 unspecified atom stereocenters. The van der Waals surface area contributed by atoms with Gasteiger partial charge in [-0.1, -0.05) is 0 Å². The SMILES string of the molecule is Cc1cc(S(=O)(=O)NC2CC(O)C2)ccc1OC(C)C. The Bertz CT molecular complexity index is 577. The third-order valence-corrected chi connectivity index (χ3v) is 4.77. The van der Waals surface area contributed by atoms with Crippen molar-refractivity contribution in [1.82, 2.24) is 4.72 Å². The Hall–Kier alpha value is -1.11. The van der Waals surface area contributed by atoms with Crippen molar-refractivity contribution in [2.45, 2.75) is 56.8 Å². The predicted octanol–water partition coefficient (Wildman–Crippen LogP) is 1.58. The summed E-state index contributed by atoms with van der Waals surface area (Å²) in [5, 5.41) is 9.20. The summed E-state index contributed by atoms with van der Waals surface area (Å²) in [6, 6.07) is 4.67. The molecule has 112 valence electrons. The summed E-state index contributed by atoms with van der Waals surface area (Å²) in [5.41, 5.74) is 0.787. The normalized spacial score (nSPS) is 22.6. The van der Waals surface area contributed by atoms with Crippen molar-refractivity contribution < 1.29 is 18.3 Å². The lowest BCUT2D eigenvalue weighted by Crippen LogP contribution is -2.46. The number of rotatable bonds is 5. The lowest BCUT2D eigenvalue weighted by atomic mass is 9.91. The van der Waals surface area contributed by atoms with Crippen molar-refractivity contribution in [3.63, 3.8) is 0 Å². The minimum absolute atomic E-state index is 0.0470. The second kappa shape index (κ2) is 5.71. The molecule has 1 aromatic rings. The summed E-state index contributed by atoms with van der Waals surface area (Å²) in [5.74, 6) is 0.693. The highest BCUT2D eigenvalue weighted by Gasteiger charge is 2.31. The van der Waals surface area contributed by atoms with Gasteiger partial charge >= 0.3 is 0 Å². The monoisotopic (exact) mass is 299 g/mol. The summed E-state index contributed by atoms with van der Waals surface area (Å²) in [6.07, 6.45) is 0.622. The maximum atomic E-state index is 12.2. The first-order valence-corrected chi connectivity index (χ1v) is 8.24. The molecule has 6 heteroatoms. The zero-order valence-corrected chi connectivity index (χ0v) is 12.8. The smallest absolute Gasteiger partial charge is 0.240 e. The standard InChI is InChI=1S/C14H21NO4S/c1-9(2)19-14-5-4-13(6-10(14)3)20(17,18)15-11-7-12(16)8-11/h4-6,9,11-12,15-16H,7-8H2,1-3H3. The second-order valence-electron chi connectivity index (χ2n) is 5.54. The van der Waals surface area contributed by atoms with Gasteiger partial charge in [-0.15, -0.1) is 0 Å². The van der Waals surface area contributed by atoms with Crippen LogP contribution >= 0.6 is 0 Å². The molecule has 1 aliphatic carbocycles. The van der Waals surface area contributed by atoms with E-state index in [1.807, 2.05) is 20.8 Å². The molecule has 20 heavy (non-hydrogen) atoms. The van der Waals surface area contributed by atoms with Crippen LogP contribution in [0.3, 0.4) is 0 Å². The fraction of sp³-hybridized carbons (Fsp3) is 0.571. The minimum atomic E-state index is -3.53. The first-order valence-electron chi connectivity index (χ1n) is 6.75. The summed E-state index contributed by atoms with van der Waals surface area (Å²) in [4.78, 5) is 0.229. The fourth-order valence-electron chi connectivity index (χ4n) is 2.15. The lowest BCUT2D eigenvalue weighted by Gasteiger charge is -2.31. The number of aliphatic hydroxyl groups excluding tert-OH is 1. The van der Waals surface area contributed by atoms with Crippen molar-refractivity contribution in [2.24, 2.45) is 0 Å². The summed E-state index contributed by atoms with van der Waals surface area (Å²) in [6.45, 7) is 5.67. The zero-order chi connectivity index (χ0) is 14.9. The highest BCUT2D eigenvalue weighted by atomic mass is 32.2. The van der Waals surface area contributed by atoms with E-state index in [4.69, 9.17) is 4.74 Å². The highest BCUT2D eigenvalue weighted by Crippen LogP contribution is 2.25. The van der Waals surface area contributed by atoms with Gasteiger partial charge in [0, 0.05) is 6.04 Å². The van der Waals surface area contributed by atoms with Crippen LogP contribution in [0.5, 0.6) is 5.75 Å². The van der Waals surface area contributed by atoms with Crippen molar-refractivity contribution in [1.29, 1.82) is 0 Å². The molecule has 0 aliphatic heterocycles. The molecule has 0 heterocycles. The number of nitrogens with one attached hydrogen (secondary N) is 1. The van der Waals surface area contributed by atoms with Crippen LogP contribution in [0.25, 0.3) is 0 Å². The van der Waals surface area contributed by atoms with E-state index >= 15 is 0 Å². The van der Waals surface area contributed by atoms with Gasteiger partial charge in [0.25, 0.3) is 0 Å². The summed E-state index contributed by atoms with van der Waals surface area (Å²) in [7, 11) is -3.53. The molecule has 0 saturated heterocycles. The van der Waals surface area contributed by atoms with Crippen LogP contribution in [-0.2, 0) is 10.0 Å². The van der Waals surface area contributed by atoms with Crippen LogP contribution in [0.1, 0.15) is 32.3 Å². The Morgan fingerprint density at radius 2 is 2.00 bits per heavy atom. The van der Waals surface area contributed by atoms with Crippen molar-refractivity contribution >= 4 is 10.0 Å². The Morgan fingerprint density at radius 3 is 2.50 bits per heavy atom. The first kappa shape index (κ1) is 15.3. The van der Waals surface area contributed by atoms with Gasteiger partial charge in [-0.25, -0.2) is 13.1 Å². The van der Waals surface area contributed by atoms with Gasteiger partial charge in [0.2, 0.25) is 10.0 Å². The van der Waals surface area contributed by atoms with E-state index in [2.05, 4.69) is 4.72 Å². The molecule has 0 aromatic heterocycles. The van der Waals surface area contributed by atoms with Gasteiger partial charge in [-0.2, -0.15) is 0 Å². The maximum Gasteiger partial charge on any atom is 0.240 e. The van der Waals surface area contributed by atoms with E-state index in [0.717, 1.165) is 5.56 Å². The molecular formula is C14H21NO4S. The Morgan fingerprint density at radius 1 is 1.35 bits per heavy atom. The lowest BCUT2D eigenvalue weighted by molar-refractivity contribution is 0.0712. The van der Waals surface area contributed by atoms with E-state index in [1.54, 1.807) is 18.2 Å². The molecule has 1 saturated carbocycles. The highest BCUT2D eigenvalue weighted by molar-refractivity contribution is 7.89. The van der Waals surface area contributed by atoms with Crippen molar-refractivity contribution in [2.75, 3.05) is 0 Å². The quantitative estimate of drug-likeness (QED) is 0.865. The molecule has 2 rings (SSSR count). The maximum absolute atomic E-state index is 12.2. The van der Waals surface area contributed by atoms with Crippen LogP contribution in [0.4, 0.5) is 0 Å². The Labute approximate surface area is 120 Å². The topological polar surface area (TPSA) is 75.6 Å². The third kappa shape index (κ3) is 3.50. The van der Waals surface area contributed by atoms with Crippen LogP contribution in [-0.4, -0.2) is 31.8 Å². The number of hydrogen-bond donors (Lipinski definition) is 2. The number of hydrogen-bond acceptors (Lipinski definition) is 4. The molecule has 1 aliphatic rings. The first-order chi connectivity index (χ1) is 9.28. The number of aliphatic hydroxyl groups is 1. The van der Waals surface area contributed by atoms with Crippen LogP contribution in [0, 0.1) is 6.92 Å². The molecular weight excluding hydrogens is 278 g/mol. The summed E-state index contributed by atoms with van der Waals surface area (Å²) >= 11 is 0. The molecule has 1 aromatic carbocycles. The second-order valence-corrected chi connectivity index (χ2v) is 7.25. The van der Waals surface area contributed by atoms with Gasteiger partial charge in [0.15, 0.2) is 0 Å². The van der Waals surface area contributed by atoms with E-state index in [1.165, 1.54) is 0 Å². The molecule has 0 amide bonds. The van der Waals surface area contributed by atoms with Crippen LogP contribution in [0.15, 0.2) is 23.1 Å². The Balaban J connectivity index is 2.13. The molecule has 0 bridgehead atoms. The molecule has 1 fully saturated rings. The number of benzene rings is 1. The molecule has 2 N–H and O–H groups in total. The number of sulfonamides is 1. The minimum Gasteiger partial charge on any atom is -0.491 e. The largest absolute Gasteiger partial charge is 0.491 e. The Kier molecular flexibility index (Phi) is 4.36.